The number of likely N-dealkylation sites (tertiary alicyclic amines) is 1. The molecule has 1 aliphatic rings. The smallest absolute Gasteiger partial charge is 0.193 e. The van der Waals surface area contributed by atoms with Gasteiger partial charge in [-0.1, -0.05) is 6.92 Å². The molecule has 1 fully saturated rings. The van der Waals surface area contributed by atoms with Crippen molar-refractivity contribution in [3.8, 4) is 11.5 Å². The molecule has 0 amide bonds. The first kappa shape index (κ1) is 18.1. The fourth-order valence-corrected chi connectivity index (χ4v) is 3.43. The van der Waals surface area contributed by atoms with Crippen LogP contribution in [0.15, 0.2) is 41.9 Å². The quantitative estimate of drug-likeness (QED) is 0.648. The highest BCUT2D eigenvalue weighted by molar-refractivity contribution is 5.80. The number of imidazole rings is 1. The fourth-order valence-electron chi connectivity index (χ4n) is 3.43. The second kappa shape index (κ2) is 8.12. The van der Waals surface area contributed by atoms with E-state index in [9.17, 15) is 5.11 Å². The van der Waals surface area contributed by atoms with Gasteiger partial charge in [0.15, 0.2) is 5.96 Å². The molecular weight excluding hydrogens is 330 g/mol. The number of phenolic OH excluding ortho intramolecular Hbond substituents is 1. The van der Waals surface area contributed by atoms with E-state index in [0.29, 0.717) is 18.5 Å². The lowest BCUT2D eigenvalue weighted by atomic mass is 9.93. The van der Waals surface area contributed by atoms with Gasteiger partial charge in [-0.15, -0.1) is 0 Å². The van der Waals surface area contributed by atoms with E-state index in [1.54, 1.807) is 26.3 Å². The largest absolute Gasteiger partial charge is 0.508 e. The predicted octanol–water partition coefficient (Wildman–Crippen LogP) is 2.26. The zero-order chi connectivity index (χ0) is 18.5. The average molecular weight is 357 g/mol. The second-order valence-corrected chi connectivity index (χ2v) is 6.68. The number of nitrogens with zero attached hydrogens (tertiary/aromatic N) is 4. The topological polar surface area (TPSA) is 74.9 Å². The van der Waals surface area contributed by atoms with E-state index in [1.165, 1.54) is 0 Å². The fraction of sp³-hybridized carbons (Fsp3) is 0.474. The van der Waals surface area contributed by atoms with Gasteiger partial charge in [0.2, 0.25) is 0 Å². The lowest BCUT2D eigenvalue weighted by Gasteiger charge is -2.39. The number of guanidine groups is 1. The number of phenols is 1. The molecule has 0 aliphatic carbocycles. The van der Waals surface area contributed by atoms with E-state index in [0.717, 1.165) is 36.8 Å². The van der Waals surface area contributed by atoms with Crippen LogP contribution in [0.2, 0.25) is 0 Å². The van der Waals surface area contributed by atoms with Gasteiger partial charge in [-0.05, 0) is 30.5 Å². The third-order valence-corrected chi connectivity index (χ3v) is 5.06. The summed E-state index contributed by atoms with van der Waals surface area (Å²) in [6, 6.07) is 5.60. The summed E-state index contributed by atoms with van der Waals surface area (Å²) in [5, 5.41) is 13.4. The first-order valence-electron chi connectivity index (χ1n) is 8.91. The van der Waals surface area contributed by atoms with Crippen LogP contribution in [0.4, 0.5) is 0 Å². The highest BCUT2D eigenvalue weighted by atomic mass is 16.5. The first-order valence-corrected chi connectivity index (χ1v) is 8.91. The van der Waals surface area contributed by atoms with Crippen LogP contribution < -0.4 is 10.1 Å². The standard InChI is InChI=1S/C19H27N5O2/c1-14-6-8-23(12-17(14)24-9-7-21-13-24)19(20-2)22-11-15-10-16(26-3)4-5-18(15)25/h4-5,7,9-10,13-14,17,25H,6,8,11-12H2,1-3H3,(H,20,22). The van der Waals surface area contributed by atoms with Gasteiger partial charge in [-0.2, -0.15) is 0 Å². The van der Waals surface area contributed by atoms with Crippen LogP contribution in [0.5, 0.6) is 11.5 Å². The number of aromatic hydroxyl groups is 1. The summed E-state index contributed by atoms with van der Waals surface area (Å²) in [6.07, 6.45) is 6.82. The molecule has 1 aromatic heterocycles. The summed E-state index contributed by atoms with van der Waals surface area (Å²) in [5.74, 6) is 2.39. The van der Waals surface area contributed by atoms with Crippen LogP contribution in [0.3, 0.4) is 0 Å². The molecule has 0 spiro atoms. The normalized spacial score (nSPS) is 20.9. The van der Waals surface area contributed by atoms with Crippen molar-refractivity contribution >= 4 is 5.96 Å². The number of nitrogens with one attached hydrogen (secondary N) is 1. The maximum Gasteiger partial charge on any atom is 0.193 e. The number of piperidine rings is 1. The van der Waals surface area contributed by atoms with E-state index < -0.39 is 0 Å². The SMILES string of the molecule is CN=C(NCc1cc(OC)ccc1O)N1CCC(C)C(n2ccnc2)C1. The van der Waals surface area contributed by atoms with Crippen LogP contribution in [-0.4, -0.2) is 52.8 Å². The van der Waals surface area contributed by atoms with E-state index in [-0.39, 0.29) is 5.75 Å². The van der Waals surface area contributed by atoms with E-state index in [2.05, 4.69) is 31.7 Å². The molecule has 7 nitrogen and oxygen atoms in total. The molecule has 2 aromatic rings. The molecule has 0 radical (unpaired) electrons. The lowest BCUT2D eigenvalue weighted by molar-refractivity contribution is 0.189. The monoisotopic (exact) mass is 357 g/mol. The van der Waals surface area contributed by atoms with Gasteiger partial charge in [0, 0.05) is 44.6 Å². The molecule has 0 saturated carbocycles. The zero-order valence-corrected chi connectivity index (χ0v) is 15.6. The van der Waals surface area contributed by atoms with Crippen molar-refractivity contribution in [3.05, 3.63) is 42.5 Å². The Morgan fingerprint density at radius 2 is 2.31 bits per heavy atom. The molecule has 140 valence electrons. The van der Waals surface area contributed by atoms with Crippen LogP contribution in [0.25, 0.3) is 0 Å². The number of hydrogen-bond donors (Lipinski definition) is 2. The highest BCUT2D eigenvalue weighted by Crippen LogP contribution is 2.27. The van der Waals surface area contributed by atoms with Gasteiger partial charge in [0.05, 0.1) is 19.5 Å². The average Bonchev–Trinajstić information content (AvgIpc) is 3.19. The molecule has 3 rings (SSSR count). The zero-order valence-electron chi connectivity index (χ0n) is 15.6. The Hall–Kier alpha value is -2.70. The Bertz CT molecular complexity index is 744. The van der Waals surface area contributed by atoms with Crippen LogP contribution in [0, 0.1) is 5.92 Å². The van der Waals surface area contributed by atoms with E-state index in [4.69, 9.17) is 4.74 Å². The van der Waals surface area contributed by atoms with Gasteiger partial charge in [-0.3, -0.25) is 4.99 Å². The van der Waals surface area contributed by atoms with Gasteiger partial charge < -0.3 is 24.6 Å². The number of aliphatic imine (C=N–C) groups is 1. The highest BCUT2D eigenvalue weighted by Gasteiger charge is 2.28. The minimum atomic E-state index is 0.248. The predicted molar refractivity (Wildman–Crippen MR) is 101 cm³/mol. The Balaban J connectivity index is 1.67. The minimum Gasteiger partial charge on any atom is -0.508 e. The van der Waals surface area contributed by atoms with Crippen molar-refractivity contribution in [2.75, 3.05) is 27.2 Å². The van der Waals surface area contributed by atoms with Crippen LogP contribution >= 0.6 is 0 Å². The van der Waals surface area contributed by atoms with Crippen molar-refractivity contribution in [1.82, 2.24) is 19.8 Å². The summed E-state index contributed by atoms with van der Waals surface area (Å²) in [4.78, 5) is 10.9. The molecule has 0 bridgehead atoms. The summed E-state index contributed by atoms with van der Waals surface area (Å²) in [6.45, 7) is 4.60. The molecule has 2 N–H and O–H groups in total. The molecule has 2 heterocycles. The molecule has 1 aliphatic heterocycles. The number of benzene rings is 1. The van der Waals surface area contributed by atoms with Crippen molar-refractivity contribution in [2.45, 2.75) is 25.9 Å². The number of rotatable bonds is 4. The third kappa shape index (κ3) is 3.92. The van der Waals surface area contributed by atoms with E-state index in [1.807, 2.05) is 24.8 Å². The van der Waals surface area contributed by atoms with Crippen LogP contribution in [0.1, 0.15) is 24.9 Å². The molecular formula is C19H27N5O2. The first-order chi connectivity index (χ1) is 12.6. The van der Waals surface area contributed by atoms with Crippen molar-refractivity contribution in [3.63, 3.8) is 0 Å². The maximum atomic E-state index is 10.1. The number of ether oxygens (including phenoxy) is 1. The number of hydrogen-bond acceptors (Lipinski definition) is 4. The van der Waals surface area contributed by atoms with Crippen LogP contribution in [-0.2, 0) is 6.54 Å². The molecule has 1 saturated heterocycles. The van der Waals surface area contributed by atoms with Crippen molar-refractivity contribution < 1.29 is 9.84 Å². The number of aromatic nitrogens is 2. The van der Waals surface area contributed by atoms with Crippen molar-refractivity contribution in [1.29, 1.82) is 0 Å². The Labute approximate surface area is 154 Å². The Kier molecular flexibility index (Phi) is 5.65. The summed E-state index contributed by atoms with van der Waals surface area (Å²) in [7, 11) is 3.41. The van der Waals surface area contributed by atoms with Gasteiger partial charge in [0.25, 0.3) is 0 Å². The van der Waals surface area contributed by atoms with Gasteiger partial charge in [-0.25, -0.2) is 4.98 Å². The Morgan fingerprint density at radius 3 is 3.00 bits per heavy atom. The van der Waals surface area contributed by atoms with Gasteiger partial charge in [0.1, 0.15) is 11.5 Å². The third-order valence-electron chi connectivity index (χ3n) is 5.06. The van der Waals surface area contributed by atoms with E-state index >= 15 is 0 Å². The minimum absolute atomic E-state index is 0.248. The summed E-state index contributed by atoms with van der Waals surface area (Å²) < 4.78 is 7.42. The molecule has 2 unspecified atom stereocenters. The summed E-state index contributed by atoms with van der Waals surface area (Å²) in [5.41, 5.74) is 0.780. The molecule has 26 heavy (non-hydrogen) atoms. The second-order valence-electron chi connectivity index (χ2n) is 6.68. The Morgan fingerprint density at radius 1 is 1.46 bits per heavy atom. The molecule has 1 aromatic carbocycles. The molecule has 7 heteroatoms. The lowest BCUT2D eigenvalue weighted by Crippen LogP contribution is -2.48. The number of methoxy groups -OCH3 is 1. The van der Waals surface area contributed by atoms with Gasteiger partial charge >= 0.3 is 0 Å². The van der Waals surface area contributed by atoms with Crippen molar-refractivity contribution in [2.24, 2.45) is 10.9 Å². The summed E-state index contributed by atoms with van der Waals surface area (Å²) >= 11 is 0. The molecule has 2 atom stereocenters. The maximum absolute atomic E-state index is 10.1.